The molecule has 5 nitrogen and oxygen atoms in total. The van der Waals surface area contributed by atoms with Gasteiger partial charge in [0, 0.05) is 11.0 Å². The van der Waals surface area contributed by atoms with Crippen molar-refractivity contribution in [3.8, 4) is 0 Å². The van der Waals surface area contributed by atoms with E-state index in [4.69, 9.17) is 12.2 Å². The molecule has 0 bridgehead atoms. The number of nitrogens with zero attached hydrogens (tertiary/aromatic N) is 4. The van der Waals surface area contributed by atoms with Crippen LogP contribution in [-0.4, -0.2) is 24.3 Å². The number of benzene rings is 1. The Morgan fingerprint density at radius 3 is 3.05 bits per heavy atom. The van der Waals surface area contributed by atoms with Crippen molar-refractivity contribution in [1.82, 2.24) is 24.3 Å². The molecule has 19 heavy (non-hydrogen) atoms. The zero-order valence-electron chi connectivity index (χ0n) is 10.3. The van der Waals surface area contributed by atoms with Crippen LogP contribution in [0, 0.1) is 4.77 Å². The van der Waals surface area contributed by atoms with Gasteiger partial charge in [0.1, 0.15) is 6.33 Å². The number of nitrogens with one attached hydrogen (secondary N) is 1. The van der Waals surface area contributed by atoms with Crippen molar-refractivity contribution in [2.75, 3.05) is 0 Å². The second-order valence-electron chi connectivity index (χ2n) is 4.21. The van der Waals surface area contributed by atoms with E-state index in [-0.39, 0.29) is 0 Å². The van der Waals surface area contributed by atoms with Crippen LogP contribution in [-0.2, 0) is 13.1 Å². The standard InChI is InChI=1S/C12H12BrN5S/c1-2-17-7-14-16-11(17)6-18-10-4-3-8(13)5-9(10)15-12(18)19/h3-5,7H,2,6H2,1H3,(H,15,19). The van der Waals surface area contributed by atoms with Crippen molar-refractivity contribution in [2.24, 2.45) is 0 Å². The maximum absolute atomic E-state index is 5.38. The maximum Gasteiger partial charge on any atom is 0.178 e. The number of aryl methyl sites for hydroxylation is 1. The molecular formula is C12H12BrN5S. The number of aromatic nitrogens is 5. The third-order valence-electron chi connectivity index (χ3n) is 3.07. The van der Waals surface area contributed by atoms with Gasteiger partial charge in [-0.25, -0.2) is 0 Å². The third-order valence-corrected chi connectivity index (χ3v) is 3.89. The maximum atomic E-state index is 5.38. The summed E-state index contributed by atoms with van der Waals surface area (Å²) < 4.78 is 5.77. The summed E-state index contributed by atoms with van der Waals surface area (Å²) in [4.78, 5) is 3.21. The second kappa shape index (κ2) is 4.90. The summed E-state index contributed by atoms with van der Waals surface area (Å²) in [6, 6.07) is 6.07. The van der Waals surface area contributed by atoms with E-state index in [1.165, 1.54) is 0 Å². The highest BCUT2D eigenvalue weighted by Gasteiger charge is 2.09. The summed E-state index contributed by atoms with van der Waals surface area (Å²) in [6.45, 7) is 3.54. The molecule has 1 N–H and O–H groups in total. The van der Waals surface area contributed by atoms with Gasteiger partial charge in [-0.1, -0.05) is 15.9 Å². The molecule has 0 unspecified atom stereocenters. The molecule has 7 heteroatoms. The lowest BCUT2D eigenvalue weighted by atomic mass is 10.3. The topological polar surface area (TPSA) is 51.4 Å². The minimum absolute atomic E-state index is 0.619. The normalized spacial score (nSPS) is 11.3. The molecule has 0 amide bonds. The average Bonchev–Trinajstić information content (AvgIpc) is 2.95. The molecule has 0 saturated carbocycles. The SMILES string of the molecule is CCn1cnnc1Cn1c(=S)[nH]c2cc(Br)ccc21. The summed E-state index contributed by atoms with van der Waals surface area (Å²) >= 11 is 8.84. The monoisotopic (exact) mass is 337 g/mol. The first-order valence-electron chi connectivity index (χ1n) is 5.94. The summed E-state index contributed by atoms with van der Waals surface area (Å²) in [5, 5.41) is 8.10. The van der Waals surface area contributed by atoms with Gasteiger partial charge in [0.15, 0.2) is 10.6 Å². The average molecular weight is 338 g/mol. The van der Waals surface area contributed by atoms with E-state index in [9.17, 15) is 0 Å². The van der Waals surface area contributed by atoms with Crippen molar-refractivity contribution in [1.29, 1.82) is 0 Å². The van der Waals surface area contributed by atoms with Crippen molar-refractivity contribution in [3.05, 3.63) is 39.6 Å². The Morgan fingerprint density at radius 2 is 2.26 bits per heavy atom. The molecule has 0 aliphatic rings. The number of imidazole rings is 1. The molecule has 0 saturated heterocycles. The minimum atomic E-state index is 0.619. The van der Waals surface area contributed by atoms with E-state index >= 15 is 0 Å². The van der Waals surface area contributed by atoms with Gasteiger partial charge < -0.3 is 14.1 Å². The highest BCUT2D eigenvalue weighted by molar-refractivity contribution is 9.10. The lowest BCUT2D eigenvalue weighted by Gasteiger charge is -2.05. The number of hydrogen-bond acceptors (Lipinski definition) is 3. The zero-order valence-corrected chi connectivity index (χ0v) is 12.7. The smallest absolute Gasteiger partial charge is 0.178 e. The van der Waals surface area contributed by atoms with Gasteiger partial charge in [-0.05, 0) is 37.3 Å². The lowest BCUT2D eigenvalue weighted by molar-refractivity contribution is 0.655. The molecule has 0 aliphatic heterocycles. The van der Waals surface area contributed by atoms with E-state index in [1.807, 2.05) is 27.3 Å². The molecule has 2 heterocycles. The minimum Gasteiger partial charge on any atom is -0.331 e. The lowest BCUT2D eigenvalue weighted by Crippen LogP contribution is -2.07. The van der Waals surface area contributed by atoms with E-state index in [2.05, 4.69) is 38.0 Å². The molecule has 98 valence electrons. The number of aromatic amines is 1. The Hall–Kier alpha value is -1.47. The van der Waals surface area contributed by atoms with Crippen molar-refractivity contribution in [2.45, 2.75) is 20.0 Å². The molecule has 0 atom stereocenters. The van der Waals surface area contributed by atoms with Crippen LogP contribution in [0.25, 0.3) is 11.0 Å². The van der Waals surface area contributed by atoms with E-state index in [0.717, 1.165) is 27.9 Å². The molecule has 0 aliphatic carbocycles. The molecule has 3 aromatic rings. The summed E-state index contributed by atoms with van der Waals surface area (Å²) in [5.74, 6) is 0.905. The molecule has 2 aromatic heterocycles. The first-order valence-corrected chi connectivity index (χ1v) is 7.14. The Labute approximate surface area is 123 Å². The first kappa shape index (κ1) is 12.6. The number of rotatable bonds is 3. The predicted octanol–water partition coefficient (Wildman–Crippen LogP) is 3.12. The van der Waals surface area contributed by atoms with Crippen molar-refractivity contribution >= 4 is 39.2 Å². The molecule has 0 radical (unpaired) electrons. The number of fused-ring (bicyclic) bond motifs is 1. The zero-order chi connectivity index (χ0) is 13.4. The number of hydrogen-bond donors (Lipinski definition) is 1. The fourth-order valence-electron chi connectivity index (χ4n) is 2.10. The van der Waals surface area contributed by atoms with Crippen molar-refractivity contribution in [3.63, 3.8) is 0 Å². The predicted molar refractivity (Wildman–Crippen MR) is 79.6 cm³/mol. The summed E-state index contributed by atoms with van der Waals surface area (Å²) in [5.41, 5.74) is 2.08. The van der Waals surface area contributed by atoms with E-state index < -0.39 is 0 Å². The largest absolute Gasteiger partial charge is 0.331 e. The summed E-state index contributed by atoms with van der Waals surface area (Å²) in [7, 11) is 0. The molecule has 0 fully saturated rings. The van der Waals surface area contributed by atoms with Gasteiger partial charge in [0.05, 0.1) is 17.6 Å². The number of halogens is 1. The Kier molecular flexibility index (Phi) is 3.24. The molecule has 3 rings (SSSR count). The van der Waals surface area contributed by atoms with E-state index in [0.29, 0.717) is 11.3 Å². The molecule has 1 aromatic carbocycles. The van der Waals surface area contributed by atoms with Crippen LogP contribution in [0.15, 0.2) is 29.0 Å². The quantitative estimate of drug-likeness (QED) is 0.747. The second-order valence-corrected chi connectivity index (χ2v) is 5.51. The number of H-pyrrole nitrogens is 1. The Morgan fingerprint density at radius 1 is 1.42 bits per heavy atom. The molecular weight excluding hydrogens is 326 g/mol. The van der Waals surface area contributed by atoms with Crippen LogP contribution < -0.4 is 0 Å². The van der Waals surface area contributed by atoms with Gasteiger partial charge in [0.2, 0.25) is 0 Å². The van der Waals surface area contributed by atoms with E-state index in [1.54, 1.807) is 6.33 Å². The van der Waals surface area contributed by atoms with Gasteiger partial charge in [-0.3, -0.25) is 0 Å². The van der Waals surface area contributed by atoms with Gasteiger partial charge in [-0.15, -0.1) is 10.2 Å². The third kappa shape index (κ3) is 2.23. The van der Waals surface area contributed by atoms with Crippen LogP contribution in [0.5, 0.6) is 0 Å². The fourth-order valence-corrected chi connectivity index (χ4v) is 2.73. The van der Waals surface area contributed by atoms with Crippen LogP contribution in [0.4, 0.5) is 0 Å². The highest BCUT2D eigenvalue weighted by Crippen LogP contribution is 2.20. The molecule has 0 spiro atoms. The van der Waals surface area contributed by atoms with Crippen LogP contribution in [0.2, 0.25) is 0 Å². The Balaban J connectivity index is 2.10. The first-order chi connectivity index (χ1) is 9.19. The van der Waals surface area contributed by atoms with Gasteiger partial charge in [0.25, 0.3) is 0 Å². The highest BCUT2D eigenvalue weighted by atomic mass is 79.9. The van der Waals surface area contributed by atoms with Crippen LogP contribution in [0.1, 0.15) is 12.7 Å². The van der Waals surface area contributed by atoms with Crippen LogP contribution >= 0.6 is 28.1 Å². The van der Waals surface area contributed by atoms with Gasteiger partial charge >= 0.3 is 0 Å². The van der Waals surface area contributed by atoms with Gasteiger partial charge in [-0.2, -0.15) is 0 Å². The van der Waals surface area contributed by atoms with Crippen molar-refractivity contribution < 1.29 is 0 Å². The fraction of sp³-hybridized carbons (Fsp3) is 0.250. The van der Waals surface area contributed by atoms with Crippen LogP contribution in [0.3, 0.4) is 0 Å². The summed E-state index contributed by atoms with van der Waals surface area (Å²) in [6.07, 6.45) is 1.74. The Bertz CT molecular complexity index is 785.